The SMILES string of the molecule is [CH]C(=O)CCCC. The first-order valence-corrected chi connectivity index (χ1v) is 2.55. The molecule has 0 unspecified atom stereocenters. The zero-order valence-corrected chi connectivity index (χ0v) is 4.61. The molecule has 0 heterocycles. The highest BCUT2D eigenvalue weighted by atomic mass is 16.1. The minimum absolute atomic E-state index is 0.193. The van der Waals surface area contributed by atoms with E-state index < -0.39 is 0 Å². The van der Waals surface area contributed by atoms with Crippen LogP contribution in [-0.2, 0) is 4.79 Å². The second-order valence-electron chi connectivity index (χ2n) is 1.57. The van der Waals surface area contributed by atoms with E-state index in [1.165, 1.54) is 0 Å². The predicted molar refractivity (Wildman–Crippen MR) is 28.8 cm³/mol. The molecule has 0 aromatic carbocycles. The number of hydrogen-bond donors (Lipinski definition) is 0. The molecule has 0 amide bonds. The van der Waals surface area contributed by atoms with Gasteiger partial charge in [-0.1, -0.05) is 13.3 Å². The summed E-state index contributed by atoms with van der Waals surface area (Å²) in [4.78, 5) is 9.98. The molecule has 0 N–H and O–H groups in total. The van der Waals surface area contributed by atoms with E-state index in [-0.39, 0.29) is 5.78 Å². The minimum atomic E-state index is -0.193. The lowest BCUT2D eigenvalue weighted by Gasteiger charge is -1.86. The van der Waals surface area contributed by atoms with E-state index in [9.17, 15) is 4.79 Å². The summed E-state index contributed by atoms with van der Waals surface area (Å²) in [5.41, 5.74) is 0. The van der Waals surface area contributed by atoms with E-state index in [0.717, 1.165) is 12.8 Å². The second kappa shape index (κ2) is 3.85. The lowest BCUT2D eigenvalue weighted by molar-refractivity contribution is -0.114. The van der Waals surface area contributed by atoms with Gasteiger partial charge in [-0.15, -0.1) is 0 Å². The largest absolute Gasteiger partial charge is 0.299 e. The van der Waals surface area contributed by atoms with Crippen LogP contribution < -0.4 is 0 Å². The van der Waals surface area contributed by atoms with Gasteiger partial charge in [0.15, 0.2) is 0 Å². The van der Waals surface area contributed by atoms with Gasteiger partial charge in [0.25, 0.3) is 0 Å². The van der Waals surface area contributed by atoms with Crippen LogP contribution in [-0.4, -0.2) is 5.78 Å². The van der Waals surface area contributed by atoms with Gasteiger partial charge in [0.1, 0.15) is 5.78 Å². The molecule has 0 rings (SSSR count). The first kappa shape index (κ1) is 6.67. The van der Waals surface area contributed by atoms with Crippen LogP contribution >= 0.6 is 0 Å². The molecule has 1 heteroatoms. The molecule has 0 saturated heterocycles. The van der Waals surface area contributed by atoms with Gasteiger partial charge in [-0.05, 0) is 6.42 Å². The van der Waals surface area contributed by atoms with Gasteiger partial charge < -0.3 is 0 Å². The van der Waals surface area contributed by atoms with Crippen LogP contribution in [0.2, 0.25) is 0 Å². The number of ketones is 1. The Morgan fingerprint density at radius 3 is 2.43 bits per heavy atom. The maximum Gasteiger partial charge on any atom is 0.137 e. The maximum absolute atomic E-state index is 9.98. The fraction of sp³-hybridized carbons (Fsp3) is 0.667. The number of carbonyl (C=O) groups excluding carboxylic acids is 1. The van der Waals surface area contributed by atoms with Gasteiger partial charge in [-0.2, -0.15) is 0 Å². The normalized spacial score (nSPS) is 8.86. The van der Waals surface area contributed by atoms with Crippen molar-refractivity contribution in [1.82, 2.24) is 0 Å². The molecule has 0 aromatic heterocycles. The van der Waals surface area contributed by atoms with Crippen molar-refractivity contribution in [3.05, 3.63) is 6.92 Å². The number of rotatable bonds is 3. The zero-order chi connectivity index (χ0) is 5.70. The molecule has 0 fully saturated rings. The lowest BCUT2D eigenvalue weighted by Crippen LogP contribution is -1.87. The third-order valence-corrected chi connectivity index (χ3v) is 0.777. The highest BCUT2D eigenvalue weighted by Gasteiger charge is 1.88. The second-order valence-corrected chi connectivity index (χ2v) is 1.57. The number of unbranched alkanes of at least 4 members (excludes halogenated alkanes) is 1. The minimum Gasteiger partial charge on any atom is -0.299 e. The topological polar surface area (TPSA) is 17.1 Å². The zero-order valence-electron chi connectivity index (χ0n) is 4.61. The Balaban J connectivity index is 2.82. The Bertz CT molecular complexity index is 57.2. The quantitative estimate of drug-likeness (QED) is 0.522. The summed E-state index contributed by atoms with van der Waals surface area (Å²) in [5, 5.41) is 0. The van der Waals surface area contributed by atoms with Crippen LogP contribution in [0.3, 0.4) is 0 Å². The molecule has 7 heavy (non-hydrogen) atoms. The summed E-state index contributed by atoms with van der Waals surface area (Å²) < 4.78 is 0. The molecule has 0 aliphatic carbocycles. The van der Waals surface area contributed by atoms with Gasteiger partial charge in [0.05, 0.1) is 0 Å². The fourth-order valence-corrected chi connectivity index (χ4v) is 0.351. The summed E-state index contributed by atoms with van der Waals surface area (Å²) in [6, 6.07) is 0. The van der Waals surface area contributed by atoms with Crippen LogP contribution in [0.5, 0.6) is 0 Å². The Morgan fingerprint density at radius 2 is 2.29 bits per heavy atom. The molecule has 1 nitrogen and oxygen atoms in total. The van der Waals surface area contributed by atoms with E-state index in [1.807, 2.05) is 6.92 Å². The Labute approximate surface area is 44.7 Å². The van der Waals surface area contributed by atoms with Gasteiger partial charge >= 0.3 is 0 Å². The highest BCUT2D eigenvalue weighted by Crippen LogP contribution is 1.92. The standard InChI is InChI=1S/C6H10O/c1-3-4-5-6(2)7/h2H,3-5H2,1H3. The molecule has 0 aliphatic heterocycles. The van der Waals surface area contributed by atoms with Crippen molar-refractivity contribution in [3.8, 4) is 0 Å². The third kappa shape index (κ3) is 5.67. The molecule has 2 radical (unpaired) electrons. The van der Waals surface area contributed by atoms with Crippen molar-refractivity contribution >= 4 is 5.78 Å². The van der Waals surface area contributed by atoms with Crippen molar-refractivity contribution in [1.29, 1.82) is 0 Å². The van der Waals surface area contributed by atoms with Crippen LogP contribution in [0.4, 0.5) is 0 Å². The summed E-state index contributed by atoms with van der Waals surface area (Å²) in [5.74, 6) is -0.193. The number of hydrogen-bond acceptors (Lipinski definition) is 1. The average Bonchev–Trinajstić information content (AvgIpc) is 1.61. The maximum atomic E-state index is 9.98. The highest BCUT2D eigenvalue weighted by molar-refractivity contribution is 5.82. The van der Waals surface area contributed by atoms with E-state index in [4.69, 9.17) is 6.92 Å². The van der Waals surface area contributed by atoms with Gasteiger partial charge in [-0.25, -0.2) is 0 Å². The average molecular weight is 98.1 g/mol. The lowest BCUT2D eigenvalue weighted by atomic mass is 10.2. The smallest absolute Gasteiger partial charge is 0.137 e. The Morgan fingerprint density at radius 1 is 1.71 bits per heavy atom. The van der Waals surface area contributed by atoms with Crippen LogP contribution in [0.1, 0.15) is 26.2 Å². The Kier molecular flexibility index (Phi) is 3.67. The van der Waals surface area contributed by atoms with Crippen molar-refractivity contribution < 1.29 is 4.79 Å². The first-order valence-electron chi connectivity index (χ1n) is 2.55. The third-order valence-electron chi connectivity index (χ3n) is 0.777. The van der Waals surface area contributed by atoms with Crippen LogP contribution in [0, 0.1) is 6.92 Å². The molecule has 0 aliphatic rings. The number of Topliss-reactive ketones (excluding diaryl/α,β-unsaturated/α-hetero) is 1. The van der Waals surface area contributed by atoms with E-state index in [2.05, 4.69) is 0 Å². The fourth-order valence-electron chi connectivity index (χ4n) is 0.351. The van der Waals surface area contributed by atoms with Crippen molar-refractivity contribution in [2.45, 2.75) is 26.2 Å². The molecule has 0 saturated carbocycles. The molecule has 40 valence electrons. The molecule has 0 aromatic rings. The van der Waals surface area contributed by atoms with Gasteiger partial charge in [0, 0.05) is 13.3 Å². The number of carbonyl (C=O) groups is 1. The molecular weight excluding hydrogens is 88.1 g/mol. The van der Waals surface area contributed by atoms with Gasteiger partial charge in [0.2, 0.25) is 0 Å². The van der Waals surface area contributed by atoms with E-state index in [1.54, 1.807) is 0 Å². The summed E-state index contributed by atoms with van der Waals surface area (Å²) in [6.45, 7) is 6.87. The first-order chi connectivity index (χ1) is 3.27. The monoisotopic (exact) mass is 98.1 g/mol. The van der Waals surface area contributed by atoms with E-state index in [0.29, 0.717) is 6.42 Å². The van der Waals surface area contributed by atoms with Gasteiger partial charge in [-0.3, -0.25) is 4.79 Å². The molecule has 0 atom stereocenters. The van der Waals surface area contributed by atoms with Crippen LogP contribution in [0.15, 0.2) is 0 Å². The van der Waals surface area contributed by atoms with Crippen molar-refractivity contribution in [2.24, 2.45) is 0 Å². The summed E-state index contributed by atoms with van der Waals surface area (Å²) in [7, 11) is 0. The molecule has 0 spiro atoms. The Hall–Kier alpha value is -0.330. The molecule has 0 bridgehead atoms. The van der Waals surface area contributed by atoms with Crippen molar-refractivity contribution in [2.75, 3.05) is 0 Å². The van der Waals surface area contributed by atoms with Crippen molar-refractivity contribution in [3.63, 3.8) is 0 Å². The molecular formula is C6H10O. The van der Waals surface area contributed by atoms with Crippen LogP contribution in [0.25, 0.3) is 0 Å². The summed E-state index contributed by atoms with van der Waals surface area (Å²) in [6.07, 6.45) is 2.51. The van der Waals surface area contributed by atoms with E-state index >= 15 is 0 Å². The summed E-state index contributed by atoms with van der Waals surface area (Å²) >= 11 is 0. The predicted octanol–water partition coefficient (Wildman–Crippen LogP) is 1.46.